The third-order valence-corrected chi connectivity index (χ3v) is 2.58. The summed E-state index contributed by atoms with van der Waals surface area (Å²) in [5.74, 6) is -1.02. The molecule has 104 valence electrons. The number of carboxylic acids is 1. The third-order valence-electron chi connectivity index (χ3n) is 2.58. The van der Waals surface area contributed by atoms with Crippen LogP contribution in [0.15, 0.2) is 0 Å². The molecule has 1 fully saturated rings. The smallest absolute Gasteiger partial charge is 0.411 e. The molecule has 0 aromatic rings. The molecule has 6 nitrogen and oxygen atoms in total. The Kier molecular flexibility index (Phi) is 4.56. The van der Waals surface area contributed by atoms with Crippen molar-refractivity contribution < 1.29 is 24.2 Å². The highest BCUT2D eigenvalue weighted by Crippen LogP contribution is 2.23. The van der Waals surface area contributed by atoms with Gasteiger partial charge in [0, 0.05) is 13.0 Å². The Labute approximate surface area is 107 Å². The van der Waals surface area contributed by atoms with Crippen LogP contribution in [0.4, 0.5) is 4.79 Å². The fourth-order valence-corrected chi connectivity index (χ4v) is 1.91. The Hall–Kier alpha value is -1.30. The van der Waals surface area contributed by atoms with E-state index in [0.29, 0.717) is 13.0 Å². The molecule has 0 radical (unpaired) electrons. The Bertz CT molecular complexity index is 323. The molecular weight excluding hydrogens is 238 g/mol. The van der Waals surface area contributed by atoms with Crippen LogP contribution in [-0.2, 0) is 14.3 Å². The summed E-state index contributed by atoms with van der Waals surface area (Å²) in [6.07, 6.45) is -0.525. The molecule has 1 unspecified atom stereocenters. The highest BCUT2D eigenvalue weighted by molar-refractivity contribution is 5.81. The van der Waals surface area contributed by atoms with E-state index in [1.165, 1.54) is 4.90 Å². The molecule has 2 atom stereocenters. The van der Waals surface area contributed by atoms with Crippen LogP contribution in [0.1, 0.15) is 34.1 Å². The summed E-state index contributed by atoms with van der Waals surface area (Å²) in [6.45, 7) is 7.84. The Morgan fingerprint density at radius 2 is 2.00 bits per heavy atom. The predicted molar refractivity (Wildman–Crippen MR) is 64.4 cm³/mol. The molecule has 1 N–H and O–H groups in total. The average Bonchev–Trinajstić information content (AvgIpc) is 2.59. The minimum atomic E-state index is -1.02. The molecule has 1 rings (SSSR count). The van der Waals surface area contributed by atoms with Gasteiger partial charge in [0.25, 0.3) is 0 Å². The van der Waals surface area contributed by atoms with Gasteiger partial charge >= 0.3 is 12.1 Å². The molecule has 6 heteroatoms. The van der Waals surface area contributed by atoms with Crippen molar-refractivity contribution >= 4 is 12.1 Å². The molecule has 0 aromatic carbocycles. The van der Waals surface area contributed by atoms with Crippen LogP contribution in [-0.4, -0.2) is 53.0 Å². The van der Waals surface area contributed by atoms with E-state index >= 15 is 0 Å². The fraction of sp³-hybridized carbons (Fsp3) is 0.833. The van der Waals surface area contributed by atoms with Gasteiger partial charge in [-0.15, -0.1) is 0 Å². The molecule has 0 bridgehead atoms. The van der Waals surface area contributed by atoms with Crippen LogP contribution in [0, 0.1) is 0 Å². The molecule has 1 aliphatic heterocycles. The maximum absolute atomic E-state index is 11.9. The number of carbonyl (C=O) groups is 2. The van der Waals surface area contributed by atoms with Crippen LogP contribution in [0.25, 0.3) is 0 Å². The van der Waals surface area contributed by atoms with Gasteiger partial charge < -0.3 is 14.6 Å². The fourth-order valence-electron chi connectivity index (χ4n) is 1.91. The number of nitrogens with zero attached hydrogens (tertiary/aromatic N) is 1. The van der Waals surface area contributed by atoms with E-state index in [-0.39, 0.29) is 12.6 Å². The number of carboxylic acid groups (broad SMARTS) is 1. The molecule has 1 heterocycles. The lowest BCUT2D eigenvalue weighted by molar-refractivity contribution is -0.142. The summed E-state index contributed by atoms with van der Waals surface area (Å²) >= 11 is 0. The molecule has 0 spiro atoms. The van der Waals surface area contributed by atoms with Gasteiger partial charge in [0.2, 0.25) is 0 Å². The van der Waals surface area contributed by atoms with Crippen molar-refractivity contribution in [2.75, 3.05) is 13.2 Å². The first-order chi connectivity index (χ1) is 8.24. The predicted octanol–water partition coefficient (Wildman–Crippen LogP) is 1.49. The van der Waals surface area contributed by atoms with Gasteiger partial charge in [0.1, 0.15) is 11.6 Å². The largest absolute Gasteiger partial charge is 0.480 e. The van der Waals surface area contributed by atoms with E-state index in [1.807, 2.05) is 6.92 Å². The summed E-state index contributed by atoms with van der Waals surface area (Å²) in [5.41, 5.74) is -0.635. The quantitative estimate of drug-likeness (QED) is 0.831. The van der Waals surface area contributed by atoms with Gasteiger partial charge in [-0.2, -0.15) is 0 Å². The number of aliphatic carboxylic acids is 1. The highest BCUT2D eigenvalue weighted by Gasteiger charge is 2.41. The van der Waals surface area contributed by atoms with E-state index in [0.717, 1.165) is 0 Å². The molecule has 0 saturated carbocycles. The summed E-state index contributed by atoms with van der Waals surface area (Å²) in [7, 11) is 0. The lowest BCUT2D eigenvalue weighted by Gasteiger charge is -2.26. The average molecular weight is 259 g/mol. The van der Waals surface area contributed by atoms with E-state index < -0.39 is 23.7 Å². The Morgan fingerprint density at radius 1 is 1.39 bits per heavy atom. The molecule has 18 heavy (non-hydrogen) atoms. The topological polar surface area (TPSA) is 76.1 Å². The second kappa shape index (κ2) is 5.56. The van der Waals surface area contributed by atoms with Crippen molar-refractivity contribution in [1.82, 2.24) is 4.90 Å². The van der Waals surface area contributed by atoms with Crippen molar-refractivity contribution in [3.05, 3.63) is 0 Å². The monoisotopic (exact) mass is 259 g/mol. The van der Waals surface area contributed by atoms with Crippen molar-refractivity contribution in [2.45, 2.75) is 51.9 Å². The standard InChI is InChI=1S/C12H21NO5/c1-5-17-8-6-9(10(14)15)13(7-8)11(16)18-12(2,3)4/h8-9H,5-7H2,1-4H3,(H,14,15)/t8-,9?/m1/s1. The number of rotatable bonds is 3. The Balaban J connectivity index is 2.72. The summed E-state index contributed by atoms with van der Waals surface area (Å²) in [5, 5.41) is 9.11. The first-order valence-electron chi connectivity index (χ1n) is 6.08. The zero-order valence-electron chi connectivity index (χ0n) is 11.3. The van der Waals surface area contributed by atoms with Gasteiger partial charge in [-0.05, 0) is 27.7 Å². The second-order valence-corrected chi connectivity index (χ2v) is 5.30. The summed E-state index contributed by atoms with van der Waals surface area (Å²) in [6, 6.07) is -0.864. The third kappa shape index (κ3) is 3.87. The van der Waals surface area contributed by atoms with Crippen molar-refractivity contribution in [1.29, 1.82) is 0 Å². The van der Waals surface area contributed by atoms with Gasteiger partial charge in [-0.1, -0.05) is 0 Å². The minimum Gasteiger partial charge on any atom is -0.480 e. The van der Waals surface area contributed by atoms with Gasteiger partial charge in [0.15, 0.2) is 0 Å². The lowest BCUT2D eigenvalue weighted by Crippen LogP contribution is -2.43. The first kappa shape index (κ1) is 14.8. The number of carbonyl (C=O) groups excluding carboxylic acids is 1. The van der Waals surface area contributed by atoms with E-state index in [9.17, 15) is 9.59 Å². The van der Waals surface area contributed by atoms with Gasteiger partial charge in [-0.3, -0.25) is 4.90 Å². The summed E-state index contributed by atoms with van der Waals surface area (Å²) < 4.78 is 10.6. The van der Waals surface area contributed by atoms with Crippen molar-refractivity contribution in [3.8, 4) is 0 Å². The maximum Gasteiger partial charge on any atom is 0.411 e. The molecule has 1 saturated heterocycles. The maximum atomic E-state index is 11.9. The number of hydrogen-bond acceptors (Lipinski definition) is 4. The van der Waals surface area contributed by atoms with Crippen LogP contribution in [0.2, 0.25) is 0 Å². The zero-order chi connectivity index (χ0) is 13.9. The van der Waals surface area contributed by atoms with E-state index in [4.69, 9.17) is 14.6 Å². The van der Waals surface area contributed by atoms with Gasteiger partial charge in [-0.25, -0.2) is 9.59 Å². The van der Waals surface area contributed by atoms with Crippen LogP contribution in [0.5, 0.6) is 0 Å². The summed E-state index contributed by atoms with van der Waals surface area (Å²) in [4.78, 5) is 24.3. The number of likely N-dealkylation sites (tertiary alicyclic amines) is 1. The van der Waals surface area contributed by atoms with Crippen molar-refractivity contribution in [2.24, 2.45) is 0 Å². The van der Waals surface area contributed by atoms with Crippen LogP contribution >= 0.6 is 0 Å². The molecule has 1 amide bonds. The number of ether oxygens (including phenoxy) is 2. The molecular formula is C12H21NO5. The van der Waals surface area contributed by atoms with Gasteiger partial charge in [0.05, 0.1) is 12.6 Å². The molecule has 1 aliphatic rings. The normalized spacial score (nSPS) is 24.1. The van der Waals surface area contributed by atoms with Crippen molar-refractivity contribution in [3.63, 3.8) is 0 Å². The van der Waals surface area contributed by atoms with E-state index in [1.54, 1.807) is 20.8 Å². The second-order valence-electron chi connectivity index (χ2n) is 5.30. The first-order valence-corrected chi connectivity index (χ1v) is 6.08. The highest BCUT2D eigenvalue weighted by atomic mass is 16.6. The lowest BCUT2D eigenvalue weighted by atomic mass is 10.2. The SMILES string of the molecule is CCO[C@@H]1CC(C(=O)O)N(C(=O)OC(C)(C)C)C1. The number of hydrogen-bond donors (Lipinski definition) is 1. The molecule has 0 aliphatic carbocycles. The van der Waals surface area contributed by atoms with Crippen LogP contribution in [0.3, 0.4) is 0 Å². The van der Waals surface area contributed by atoms with Crippen LogP contribution < -0.4 is 0 Å². The minimum absolute atomic E-state index is 0.233. The molecule has 0 aromatic heterocycles. The van der Waals surface area contributed by atoms with E-state index in [2.05, 4.69) is 0 Å². The number of amides is 1. The Morgan fingerprint density at radius 3 is 2.44 bits per heavy atom. The zero-order valence-corrected chi connectivity index (χ0v) is 11.3.